The average Bonchev–Trinajstić information content (AvgIpc) is 2.97. The molecular formula is C12H19N3O2S. The fraction of sp³-hybridized carbons (Fsp3) is 0.750. The van der Waals surface area contributed by atoms with E-state index in [4.69, 9.17) is 5.11 Å². The summed E-state index contributed by atoms with van der Waals surface area (Å²) in [5.74, 6) is 0.289. The number of nitrogens with zero attached hydrogens (tertiary/aromatic N) is 3. The van der Waals surface area contributed by atoms with Crippen molar-refractivity contribution in [3.05, 3.63) is 5.82 Å². The summed E-state index contributed by atoms with van der Waals surface area (Å²) in [6, 6.07) is 0.314. The molecule has 0 amide bonds. The maximum Gasteiger partial charge on any atom is 0.323 e. The minimum absolute atomic E-state index is 0.0252. The smallest absolute Gasteiger partial charge is 0.323 e. The van der Waals surface area contributed by atoms with Crippen LogP contribution in [-0.4, -0.2) is 33.0 Å². The summed E-state index contributed by atoms with van der Waals surface area (Å²) in [6.45, 7) is 4.11. The van der Waals surface area contributed by atoms with Gasteiger partial charge in [0.2, 0.25) is 5.13 Å². The number of anilines is 1. The molecule has 0 unspecified atom stereocenters. The molecule has 0 atom stereocenters. The van der Waals surface area contributed by atoms with E-state index in [1.807, 2.05) is 18.7 Å². The number of aliphatic carboxylic acids is 1. The normalized spacial score (nSPS) is 16.4. The Morgan fingerprint density at radius 3 is 2.67 bits per heavy atom. The van der Waals surface area contributed by atoms with Gasteiger partial charge in [-0.15, -0.1) is 0 Å². The first-order valence-corrected chi connectivity index (χ1v) is 7.17. The number of hydrogen-bond donors (Lipinski definition) is 1. The Balaban J connectivity index is 2.18. The molecule has 6 heteroatoms. The second-order valence-electron chi connectivity index (χ2n) is 5.05. The summed E-state index contributed by atoms with van der Waals surface area (Å²) in [7, 11) is 0. The maximum absolute atomic E-state index is 11.0. The van der Waals surface area contributed by atoms with Gasteiger partial charge in [0.15, 0.2) is 0 Å². The molecule has 1 aliphatic carbocycles. The Morgan fingerprint density at radius 1 is 1.50 bits per heavy atom. The Kier molecular flexibility index (Phi) is 4.16. The van der Waals surface area contributed by atoms with Crippen LogP contribution in [0.3, 0.4) is 0 Å². The van der Waals surface area contributed by atoms with Gasteiger partial charge in [0, 0.05) is 23.5 Å². The lowest BCUT2D eigenvalue weighted by atomic mass is 10.2. The van der Waals surface area contributed by atoms with Crippen LogP contribution >= 0.6 is 11.5 Å². The SMILES string of the molecule is CC(C)c1nsc(N(CC(=O)O)C2CCCC2)n1. The van der Waals surface area contributed by atoms with Crippen molar-refractivity contribution in [1.29, 1.82) is 0 Å². The van der Waals surface area contributed by atoms with Gasteiger partial charge in [-0.05, 0) is 12.8 Å². The molecule has 1 fully saturated rings. The lowest BCUT2D eigenvalue weighted by Crippen LogP contribution is -2.37. The molecule has 0 radical (unpaired) electrons. The first-order valence-electron chi connectivity index (χ1n) is 6.40. The van der Waals surface area contributed by atoms with Crippen LogP contribution in [0.15, 0.2) is 0 Å². The van der Waals surface area contributed by atoms with Gasteiger partial charge in [-0.2, -0.15) is 4.37 Å². The van der Waals surface area contributed by atoms with Crippen LogP contribution < -0.4 is 4.90 Å². The third kappa shape index (κ3) is 2.98. The van der Waals surface area contributed by atoms with E-state index in [-0.39, 0.29) is 12.5 Å². The summed E-state index contributed by atoms with van der Waals surface area (Å²) in [5, 5.41) is 9.79. The van der Waals surface area contributed by atoms with Gasteiger partial charge in [0.05, 0.1) is 0 Å². The third-order valence-electron chi connectivity index (χ3n) is 3.26. The largest absolute Gasteiger partial charge is 0.480 e. The Hall–Kier alpha value is -1.17. The fourth-order valence-electron chi connectivity index (χ4n) is 2.29. The van der Waals surface area contributed by atoms with E-state index in [1.165, 1.54) is 24.4 Å². The molecule has 100 valence electrons. The lowest BCUT2D eigenvalue weighted by Gasteiger charge is -2.26. The molecule has 0 aromatic carbocycles. The monoisotopic (exact) mass is 269 g/mol. The highest BCUT2D eigenvalue weighted by Crippen LogP contribution is 2.30. The predicted molar refractivity (Wildman–Crippen MR) is 71.2 cm³/mol. The van der Waals surface area contributed by atoms with Crippen molar-refractivity contribution >= 4 is 22.6 Å². The molecule has 0 bridgehead atoms. The first-order chi connectivity index (χ1) is 8.58. The van der Waals surface area contributed by atoms with Crippen molar-refractivity contribution in [3.63, 3.8) is 0 Å². The van der Waals surface area contributed by atoms with Crippen LogP contribution in [-0.2, 0) is 4.79 Å². The zero-order valence-electron chi connectivity index (χ0n) is 10.8. The summed E-state index contributed by atoms with van der Waals surface area (Å²) in [6.07, 6.45) is 4.47. The predicted octanol–water partition coefficient (Wildman–Crippen LogP) is 2.50. The highest BCUT2D eigenvalue weighted by Gasteiger charge is 2.27. The molecule has 1 aliphatic rings. The fourth-order valence-corrected chi connectivity index (χ4v) is 3.17. The van der Waals surface area contributed by atoms with Crippen molar-refractivity contribution < 1.29 is 9.90 Å². The van der Waals surface area contributed by atoms with Crippen LogP contribution in [0, 0.1) is 0 Å². The first kappa shape index (κ1) is 13.3. The third-order valence-corrected chi connectivity index (χ3v) is 4.03. The molecule has 2 rings (SSSR count). The topological polar surface area (TPSA) is 66.3 Å². The number of aromatic nitrogens is 2. The molecule has 1 heterocycles. The van der Waals surface area contributed by atoms with Crippen molar-refractivity contribution in [2.75, 3.05) is 11.4 Å². The standard InChI is InChI=1S/C12H19N3O2S/c1-8(2)11-13-12(18-14-11)15(7-10(16)17)9-5-3-4-6-9/h8-9H,3-7H2,1-2H3,(H,16,17). The highest BCUT2D eigenvalue weighted by molar-refractivity contribution is 7.09. The van der Waals surface area contributed by atoms with Gasteiger partial charge in [-0.25, -0.2) is 4.98 Å². The molecule has 1 saturated carbocycles. The Bertz CT molecular complexity index is 413. The van der Waals surface area contributed by atoms with E-state index in [0.717, 1.165) is 23.8 Å². The summed E-state index contributed by atoms with van der Waals surface area (Å²) >= 11 is 1.32. The van der Waals surface area contributed by atoms with Crippen molar-refractivity contribution in [3.8, 4) is 0 Å². The average molecular weight is 269 g/mol. The minimum Gasteiger partial charge on any atom is -0.480 e. The van der Waals surface area contributed by atoms with Crippen LogP contribution in [0.4, 0.5) is 5.13 Å². The Morgan fingerprint density at radius 2 is 2.17 bits per heavy atom. The highest BCUT2D eigenvalue weighted by atomic mass is 32.1. The van der Waals surface area contributed by atoms with Gasteiger partial charge < -0.3 is 10.0 Å². The number of rotatable bonds is 5. The second kappa shape index (κ2) is 5.65. The Labute approximate surface area is 111 Å². The van der Waals surface area contributed by atoms with Gasteiger partial charge in [0.1, 0.15) is 12.4 Å². The van der Waals surface area contributed by atoms with Gasteiger partial charge >= 0.3 is 5.97 Å². The van der Waals surface area contributed by atoms with Crippen LogP contribution in [0.1, 0.15) is 51.3 Å². The van der Waals surface area contributed by atoms with E-state index in [9.17, 15) is 4.79 Å². The van der Waals surface area contributed by atoms with Crippen molar-refractivity contribution in [2.45, 2.75) is 51.5 Å². The molecule has 1 aromatic rings. The lowest BCUT2D eigenvalue weighted by molar-refractivity contribution is -0.135. The van der Waals surface area contributed by atoms with Gasteiger partial charge in [0.25, 0.3) is 0 Å². The molecule has 1 N–H and O–H groups in total. The summed E-state index contributed by atoms with van der Waals surface area (Å²) in [5.41, 5.74) is 0. The van der Waals surface area contributed by atoms with Crippen molar-refractivity contribution in [1.82, 2.24) is 9.36 Å². The molecule has 1 aromatic heterocycles. The quantitative estimate of drug-likeness (QED) is 0.889. The molecule has 18 heavy (non-hydrogen) atoms. The number of hydrogen-bond acceptors (Lipinski definition) is 5. The molecule has 0 spiro atoms. The zero-order chi connectivity index (χ0) is 13.1. The van der Waals surface area contributed by atoms with E-state index < -0.39 is 5.97 Å². The second-order valence-corrected chi connectivity index (χ2v) is 5.78. The molecule has 0 saturated heterocycles. The molecule has 0 aliphatic heterocycles. The number of carbonyl (C=O) groups is 1. The summed E-state index contributed by atoms with van der Waals surface area (Å²) in [4.78, 5) is 17.4. The van der Waals surface area contributed by atoms with E-state index in [1.54, 1.807) is 0 Å². The van der Waals surface area contributed by atoms with Gasteiger partial charge in [-0.1, -0.05) is 26.7 Å². The minimum atomic E-state index is -0.803. The zero-order valence-corrected chi connectivity index (χ0v) is 11.6. The van der Waals surface area contributed by atoms with Crippen LogP contribution in [0.2, 0.25) is 0 Å². The van der Waals surface area contributed by atoms with Gasteiger partial charge in [-0.3, -0.25) is 4.79 Å². The van der Waals surface area contributed by atoms with E-state index >= 15 is 0 Å². The number of carboxylic acids is 1. The summed E-state index contributed by atoms with van der Waals surface area (Å²) < 4.78 is 4.31. The molecule has 5 nitrogen and oxygen atoms in total. The molecular weight excluding hydrogens is 250 g/mol. The van der Waals surface area contributed by atoms with E-state index in [2.05, 4.69) is 9.36 Å². The maximum atomic E-state index is 11.0. The van der Waals surface area contributed by atoms with Crippen LogP contribution in [0.5, 0.6) is 0 Å². The van der Waals surface area contributed by atoms with E-state index in [0.29, 0.717) is 6.04 Å². The number of carboxylic acid groups (broad SMARTS) is 1. The van der Waals surface area contributed by atoms with Crippen molar-refractivity contribution in [2.24, 2.45) is 0 Å². The van der Waals surface area contributed by atoms with Crippen LogP contribution in [0.25, 0.3) is 0 Å².